The lowest BCUT2D eigenvalue weighted by Crippen LogP contribution is -2.47. The molecule has 0 aliphatic carbocycles. The van der Waals surface area contributed by atoms with Crippen LogP contribution >= 0.6 is 0 Å². The van der Waals surface area contributed by atoms with Crippen molar-refractivity contribution >= 4 is 0 Å². The van der Waals surface area contributed by atoms with Crippen molar-refractivity contribution in [2.45, 2.75) is 24.9 Å². The van der Waals surface area contributed by atoms with E-state index in [1.165, 1.54) is 0 Å². The van der Waals surface area contributed by atoms with Crippen molar-refractivity contribution in [2.24, 2.45) is 5.92 Å². The molecule has 0 aromatic rings. The van der Waals surface area contributed by atoms with Gasteiger partial charge >= 0.3 is 0 Å². The molecule has 3 heteroatoms. The van der Waals surface area contributed by atoms with Gasteiger partial charge < -0.3 is 15.2 Å². The van der Waals surface area contributed by atoms with Crippen molar-refractivity contribution in [1.29, 1.82) is 0 Å². The molecule has 0 aromatic carbocycles. The van der Waals surface area contributed by atoms with Crippen molar-refractivity contribution in [3.8, 4) is 0 Å². The van der Waals surface area contributed by atoms with Gasteiger partial charge in [-0.3, -0.25) is 0 Å². The number of aliphatic hydroxyl groups is 1. The maximum atomic E-state index is 10.3. The predicted octanol–water partition coefficient (Wildman–Crippen LogP) is 0.137. The summed E-state index contributed by atoms with van der Waals surface area (Å²) in [6, 6.07) is 0. The molecule has 3 nitrogen and oxygen atoms in total. The van der Waals surface area contributed by atoms with E-state index in [9.17, 15) is 5.11 Å². The van der Waals surface area contributed by atoms with E-state index >= 15 is 0 Å². The van der Waals surface area contributed by atoms with Crippen molar-refractivity contribution < 1.29 is 9.84 Å². The first kappa shape index (κ1) is 8.48. The Balaban J connectivity index is 1.97. The van der Waals surface area contributed by atoms with Crippen molar-refractivity contribution in [2.75, 3.05) is 26.3 Å². The Morgan fingerprint density at radius 3 is 2.67 bits per heavy atom. The number of hydrogen-bond acceptors (Lipinski definition) is 3. The third kappa shape index (κ3) is 1.49. The molecule has 12 heavy (non-hydrogen) atoms. The van der Waals surface area contributed by atoms with Crippen LogP contribution < -0.4 is 5.32 Å². The molecular formula is C9H17NO2. The first-order valence-electron chi connectivity index (χ1n) is 4.82. The largest absolute Gasteiger partial charge is 0.389 e. The van der Waals surface area contributed by atoms with E-state index in [0.717, 1.165) is 45.6 Å². The van der Waals surface area contributed by atoms with Gasteiger partial charge in [-0.25, -0.2) is 0 Å². The molecule has 0 radical (unpaired) electrons. The quantitative estimate of drug-likeness (QED) is 0.589. The van der Waals surface area contributed by atoms with E-state index in [4.69, 9.17) is 4.74 Å². The van der Waals surface area contributed by atoms with Crippen LogP contribution in [-0.4, -0.2) is 37.0 Å². The lowest BCUT2D eigenvalue weighted by atomic mass is 9.80. The number of ether oxygens (including phenoxy) is 1. The van der Waals surface area contributed by atoms with Gasteiger partial charge in [-0.15, -0.1) is 0 Å². The minimum Gasteiger partial charge on any atom is -0.389 e. The van der Waals surface area contributed by atoms with E-state index < -0.39 is 5.60 Å². The highest BCUT2D eigenvalue weighted by atomic mass is 16.5. The number of rotatable bonds is 1. The van der Waals surface area contributed by atoms with Gasteiger partial charge in [-0.1, -0.05) is 0 Å². The second-order valence-electron chi connectivity index (χ2n) is 3.91. The Labute approximate surface area is 73.1 Å². The average Bonchev–Trinajstić information content (AvgIpc) is 2.58. The molecule has 0 bridgehead atoms. The van der Waals surface area contributed by atoms with E-state index in [1.54, 1.807) is 0 Å². The SMILES string of the molecule is OC1(C2CCOC2)CCNCC1. The van der Waals surface area contributed by atoms with Crippen molar-refractivity contribution in [3.05, 3.63) is 0 Å². The van der Waals surface area contributed by atoms with Gasteiger partial charge in [0.05, 0.1) is 12.2 Å². The first-order valence-corrected chi connectivity index (χ1v) is 4.82. The molecule has 2 aliphatic heterocycles. The summed E-state index contributed by atoms with van der Waals surface area (Å²) < 4.78 is 5.30. The van der Waals surface area contributed by atoms with Crippen LogP contribution in [0, 0.1) is 5.92 Å². The zero-order chi connectivity index (χ0) is 8.44. The zero-order valence-corrected chi connectivity index (χ0v) is 7.38. The van der Waals surface area contributed by atoms with Gasteiger partial charge in [0, 0.05) is 12.5 Å². The molecule has 2 heterocycles. The smallest absolute Gasteiger partial charge is 0.0722 e. The molecule has 0 amide bonds. The highest BCUT2D eigenvalue weighted by Crippen LogP contribution is 2.32. The van der Waals surface area contributed by atoms with Gasteiger partial charge in [0.2, 0.25) is 0 Å². The van der Waals surface area contributed by atoms with E-state index in [1.807, 2.05) is 0 Å². The van der Waals surface area contributed by atoms with E-state index in [0.29, 0.717) is 5.92 Å². The normalized spacial score (nSPS) is 35.2. The third-order valence-corrected chi connectivity index (χ3v) is 3.16. The molecular weight excluding hydrogens is 154 g/mol. The van der Waals surface area contributed by atoms with Crippen molar-refractivity contribution in [1.82, 2.24) is 5.32 Å². The minimum absolute atomic E-state index is 0.389. The minimum atomic E-state index is -0.429. The maximum absolute atomic E-state index is 10.3. The molecule has 70 valence electrons. The molecule has 2 saturated heterocycles. The Hall–Kier alpha value is -0.120. The van der Waals surface area contributed by atoms with Gasteiger partial charge in [0.1, 0.15) is 0 Å². The summed E-state index contributed by atoms with van der Waals surface area (Å²) >= 11 is 0. The van der Waals surface area contributed by atoms with E-state index in [-0.39, 0.29) is 0 Å². The fourth-order valence-corrected chi connectivity index (χ4v) is 2.23. The lowest BCUT2D eigenvalue weighted by Gasteiger charge is -2.36. The van der Waals surface area contributed by atoms with Crippen LogP contribution in [0.2, 0.25) is 0 Å². The molecule has 0 spiro atoms. The topological polar surface area (TPSA) is 41.5 Å². The maximum Gasteiger partial charge on any atom is 0.0722 e. The second kappa shape index (κ2) is 3.32. The molecule has 2 aliphatic rings. The lowest BCUT2D eigenvalue weighted by molar-refractivity contribution is -0.0454. The van der Waals surface area contributed by atoms with Crippen LogP contribution in [-0.2, 0) is 4.74 Å². The van der Waals surface area contributed by atoms with Crippen LogP contribution in [0.1, 0.15) is 19.3 Å². The fraction of sp³-hybridized carbons (Fsp3) is 1.00. The summed E-state index contributed by atoms with van der Waals surface area (Å²) in [5.74, 6) is 0.389. The average molecular weight is 171 g/mol. The van der Waals surface area contributed by atoms with Gasteiger partial charge in [-0.2, -0.15) is 0 Å². The van der Waals surface area contributed by atoms with Crippen LogP contribution in [0.5, 0.6) is 0 Å². The number of piperidine rings is 1. The Kier molecular flexibility index (Phi) is 2.35. The summed E-state index contributed by atoms with van der Waals surface area (Å²) in [4.78, 5) is 0. The van der Waals surface area contributed by atoms with Crippen LogP contribution in [0.3, 0.4) is 0 Å². The van der Waals surface area contributed by atoms with Crippen LogP contribution in [0.15, 0.2) is 0 Å². The number of nitrogens with one attached hydrogen (secondary N) is 1. The first-order chi connectivity index (χ1) is 5.81. The third-order valence-electron chi connectivity index (χ3n) is 3.16. The highest BCUT2D eigenvalue weighted by molar-refractivity contribution is 4.91. The fourth-order valence-electron chi connectivity index (χ4n) is 2.23. The van der Waals surface area contributed by atoms with Gasteiger partial charge in [0.15, 0.2) is 0 Å². The molecule has 1 unspecified atom stereocenters. The molecule has 1 atom stereocenters. The summed E-state index contributed by atoms with van der Waals surface area (Å²) in [7, 11) is 0. The van der Waals surface area contributed by atoms with Gasteiger partial charge in [-0.05, 0) is 32.4 Å². The predicted molar refractivity (Wildman–Crippen MR) is 46.0 cm³/mol. The number of hydrogen-bond donors (Lipinski definition) is 2. The summed E-state index contributed by atoms with van der Waals surface area (Å²) in [5, 5.41) is 13.5. The van der Waals surface area contributed by atoms with E-state index in [2.05, 4.69) is 5.32 Å². The molecule has 2 rings (SSSR count). The molecule has 0 aromatic heterocycles. The molecule has 2 N–H and O–H groups in total. The second-order valence-corrected chi connectivity index (χ2v) is 3.91. The summed E-state index contributed by atoms with van der Waals surface area (Å²) in [5.41, 5.74) is -0.429. The Morgan fingerprint density at radius 2 is 2.08 bits per heavy atom. The van der Waals surface area contributed by atoms with Gasteiger partial charge in [0.25, 0.3) is 0 Å². The summed E-state index contributed by atoms with van der Waals surface area (Å²) in [6.45, 7) is 3.50. The molecule has 0 saturated carbocycles. The Morgan fingerprint density at radius 1 is 1.33 bits per heavy atom. The standard InChI is InChI=1S/C9H17NO2/c11-9(2-4-10-5-3-9)8-1-6-12-7-8/h8,10-11H,1-7H2. The van der Waals surface area contributed by atoms with Crippen LogP contribution in [0.4, 0.5) is 0 Å². The van der Waals surface area contributed by atoms with Crippen LogP contribution in [0.25, 0.3) is 0 Å². The zero-order valence-electron chi connectivity index (χ0n) is 7.38. The highest BCUT2D eigenvalue weighted by Gasteiger charge is 2.39. The molecule has 2 fully saturated rings. The summed E-state index contributed by atoms with van der Waals surface area (Å²) in [6.07, 6.45) is 2.82. The Bertz CT molecular complexity index is 149. The monoisotopic (exact) mass is 171 g/mol. The van der Waals surface area contributed by atoms with Crippen molar-refractivity contribution in [3.63, 3.8) is 0 Å².